The first kappa shape index (κ1) is 18.8. The van der Waals surface area contributed by atoms with Gasteiger partial charge in [0.15, 0.2) is 0 Å². The number of hydrogen-bond acceptors (Lipinski definition) is 4. The molecule has 0 bridgehead atoms. The summed E-state index contributed by atoms with van der Waals surface area (Å²) in [6.07, 6.45) is 1.26. The van der Waals surface area contributed by atoms with E-state index in [9.17, 15) is 9.90 Å². The van der Waals surface area contributed by atoms with E-state index in [-0.39, 0.29) is 16.3 Å². The zero-order chi connectivity index (χ0) is 19.2. The lowest BCUT2D eigenvalue weighted by Crippen LogP contribution is -2.18. The summed E-state index contributed by atoms with van der Waals surface area (Å²) in [6.45, 7) is 0. The molecule has 27 heavy (non-hydrogen) atoms. The third kappa shape index (κ3) is 4.78. The van der Waals surface area contributed by atoms with Gasteiger partial charge in [0.2, 0.25) is 0 Å². The number of rotatable bonds is 5. The van der Waals surface area contributed by atoms with Crippen molar-refractivity contribution in [2.75, 3.05) is 0 Å². The number of halogens is 2. The SMILES string of the molecule is O=C(N/N=C\c1cc(Cl)cc(Cl)c1O)c1ccccc1Oc1ccccc1. The Balaban J connectivity index is 1.75. The zero-order valence-electron chi connectivity index (χ0n) is 13.9. The van der Waals surface area contributed by atoms with Crippen LogP contribution < -0.4 is 10.2 Å². The van der Waals surface area contributed by atoms with Crippen molar-refractivity contribution in [3.05, 3.63) is 87.9 Å². The van der Waals surface area contributed by atoms with Crippen LogP contribution in [0, 0.1) is 0 Å². The summed E-state index contributed by atoms with van der Waals surface area (Å²) in [7, 11) is 0. The van der Waals surface area contributed by atoms with Crippen LogP contribution in [0.15, 0.2) is 71.8 Å². The fourth-order valence-electron chi connectivity index (χ4n) is 2.26. The fourth-order valence-corrected chi connectivity index (χ4v) is 2.77. The van der Waals surface area contributed by atoms with E-state index in [0.29, 0.717) is 22.1 Å². The second-order valence-electron chi connectivity index (χ2n) is 5.44. The monoisotopic (exact) mass is 400 g/mol. The highest BCUT2D eigenvalue weighted by Gasteiger charge is 2.12. The number of amides is 1. The maximum absolute atomic E-state index is 12.4. The molecule has 3 aromatic carbocycles. The average Bonchev–Trinajstić information content (AvgIpc) is 2.66. The van der Waals surface area contributed by atoms with Crippen LogP contribution in [0.25, 0.3) is 0 Å². The maximum atomic E-state index is 12.4. The second kappa shape index (κ2) is 8.58. The number of para-hydroxylation sites is 2. The Morgan fingerprint density at radius 2 is 1.74 bits per heavy atom. The molecule has 3 rings (SSSR count). The van der Waals surface area contributed by atoms with Gasteiger partial charge in [0.25, 0.3) is 5.91 Å². The van der Waals surface area contributed by atoms with Crippen molar-refractivity contribution < 1.29 is 14.6 Å². The zero-order valence-corrected chi connectivity index (χ0v) is 15.4. The van der Waals surface area contributed by atoms with Crippen LogP contribution in [-0.2, 0) is 0 Å². The standard InChI is InChI=1S/C20H14Cl2N2O3/c21-14-10-13(19(25)17(22)11-14)12-23-24-20(26)16-8-4-5-9-18(16)27-15-6-2-1-3-7-15/h1-12,25H,(H,24,26)/b23-12-. The van der Waals surface area contributed by atoms with E-state index in [1.807, 2.05) is 18.2 Å². The molecule has 1 amide bonds. The minimum atomic E-state index is -0.467. The molecule has 2 N–H and O–H groups in total. The number of ether oxygens (including phenoxy) is 1. The van der Waals surface area contributed by atoms with Gasteiger partial charge in [-0.2, -0.15) is 5.10 Å². The van der Waals surface area contributed by atoms with Gasteiger partial charge in [-0.3, -0.25) is 4.79 Å². The van der Waals surface area contributed by atoms with Crippen molar-refractivity contribution in [3.63, 3.8) is 0 Å². The van der Waals surface area contributed by atoms with Gasteiger partial charge in [-0.1, -0.05) is 53.5 Å². The molecule has 0 aromatic heterocycles. The first-order chi connectivity index (χ1) is 13.0. The molecule has 0 saturated carbocycles. The molecule has 0 heterocycles. The number of nitrogens with zero attached hydrogens (tertiary/aromatic N) is 1. The number of carbonyl (C=O) groups excluding carboxylic acids is 1. The van der Waals surface area contributed by atoms with Crippen LogP contribution in [0.5, 0.6) is 17.2 Å². The Morgan fingerprint density at radius 3 is 2.52 bits per heavy atom. The van der Waals surface area contributed by atoms with E-state index in [2.05, 4.69) is 10.5 Å². The number of aromatic hydroxyl groups is 1. The quantitative estimate of drug-likeness (QED) is 0.453. The van der Waals surface area contributed by atoms with E-state index < -0.39 is 5.91 Å². The molecule has 0 aliphatic carbocycles. The Bertz CT molecular complexity index is 992. The van der Waals surface area contributed by atoms with Gasteiger partial charge in [0.1, 0.15) is 17.2 Å². The second-order valence-corrected chi connectivity index (χ2v) is 6.28. The van der Waals surface area contributed by atoms with E-state index in [0.717, 1.165) is 0 Å². The van der Waals surface area contributed by atoms with Crippen molar-refractivity contribution in [1.82, 2.24) is 5.43 Å². The predicted molar refractivity (Wildman–Crippen MR) is 106 cm³/mol. The van der Waals surface area contributed by atoms with E-state index in [1.165, 1.54) is 18.3 Å². The number of phenols is 1. The van der Waals surface area contributed by atoms with Gasteiger partial charge in [0, 0.05) is 10.6 Å². The van der Waals surface area contributed by atoms with Crippen LogP contribution in [0.4, 0.5) is 0 Å². The van der Waals surface area contributed by atoms with E-state index >= 15 is 0 Å². The first-order valence-electron chi connectivity index (χ1n) is 7.88. The highest BCUT2D eigenvalue weighted by Crippen LogP contribution is 2.30. The molecule has 7 heteroatoms. The summed E-state index contributed by atoms with van der Waals surface area (Å²) in [5.74, 6) is 0.363. The number of carbonyl (C=O) groups is 1. The predicted octanol–water partition coefficient (Wildman–Crippen LogP) is 5.26. The molecule has 5 nitrogen and oxygen atoms in total. The largest absolute Gasteiger partial charge is 0.506 e. The molecular formula is C20H14Cl2N2O3. The van der Waals surface area contributed by atoms with Crippen molar-refractivity contribution in [3.8, 4) is 17.2 Å². The molecule has 0 atom stereocenters. The van der Waals surface area contributed by atoms with Gasteiger partial charge in [-0.15, -0.1) is 0 Å². The third-order valence-electron chi connectivity index (χ3n) is 3.53. The lowest BCUT2D eigenvalue weighted by molar-refractivity contribution is 0.0953. The maximum Gasteiger partial charge on any atom is 0.275 e. The number of benzene rings is 3. The molecule has 136 valence electrons. The van der Waals surface area contributed by atoms with Gasteiger partial charge in [0.05, 0.1) is 16.8 Å². The van der Waals surface area contributed by atoms with Crippen molar-refractivity contribution in [2.45, 2.75) is 0 Å². The molecule has 0 aliphatic rings. The number of hydrazone groups is 1. The lowest BCUT2D eigenvalue weighted by atomic mass is 10.2. The summed E-state index contributed by atoms with van der Waals surface area (Å²) < 4.78 is 5.76. The third-order valence-corrected chi connectivity index (χ3v) is 4.04. The normalized spacial score (nSPS) is 10.7. The van der Waals surface area contributed by atoms with Gasteiger partial charge in [-0.25, -0.2) is 5.43 Å². The molecule has 0 saturated heterocycles. The number of hydrogen-bond donors (Lipinski definition) is 2. The highest BCUT2D eigenvalue weighted by molar-refractivity contribution is 6.36. The summed E-state index contributed by atoms with van der Waals surface area (Å²) >= 11 is 11.8. The Labute approximate surface area is 165 Å². The van der Waals surface area contributed by atoms with Gasteiger partial charge < -0.3 is 9.84 Å². The van der Waals surface area contributed by atoms with Gasteiger partial charge >= 0.3 is 0 Å². The minimum absolute atomic E-state index is 0.0943. The van der Waals surface area contributed by atoms with Crippen molar-refractivity contribution in [2.24, 2.45) is 5.10 Å². The lowest BCUT2D eigenvalue weighted by Gasteiger charge is -2.10. The molecular weight excluding hydrogens is 387 g/mol. The molecule has 0 aliphatic heterocycles. The fraction of sp³-hybridized carbons (Fsp3) is 0. The highest BCUT2D eigenvalue weighted by atomic mass is 35.5. The number of nitrogens with one attached hydrogen (secondary N) is 1. The van der Waals surface area contributed by atoms with Crippen LogP contribution in [0.3, 0.4) is 0 Å². The topological polar surface area (TPSA) is 70.9 Å². The van der Waals surface area contributed by atoms with Crippen LogP contribution in [0.2, 0.25) is 10.0 Å². The molecule has 0 unspecified atom stereocenters. The summed E-state index contributed by atoms with van der Waals surface area (Å²) in [6, 6.07) is 18.8. The van der Waals surface area contributed by atoms with Crippen LogP contribution in [-0.4, -0.2) is 17.2 Å². The van der Waals surface area contributed by atoms with E-state index in [1.54, 1.807) is 36.4 Å². The summed E-state index contributed by atoms with van der Waals surface area (Å²) in [4.78, 5) is 12.4. The molecule has 0 radical (unpaired) electrons. The summed E-state index contributed by atoms with van der Waals surface area (Å²) in [5, 5.41) is 14.2. The minimum Gasteiger partial charge on any atom is -0.506 e. The number of phenolic OH excluding ortho intramolecular Hbond substituents is 1. The summed E-state index contributed by atoms with van der Waals surface area (Å²) in [5.41, 5.74) is 2.98. The molecule has 3 aromatic rings. The molecule has 0 fully saturated rings. The molecule has 0 spiro atoms. The van der Waals surface area contributed by atoms with Crippen molar-refractivity contribution >= 4 is 35.3 Å². The van der Waals surface area contributed by atoms with Crippen LogP contribution >= 0.6 is 23.2 Å². The van der Waals surface area contributed by atoms with Gasteiger partial charge in [-0.05, 0) is 36.4 Å². The average molecular weight is 401 g/mol. The Hall–Kier alpha value is -3.02. The van der Waals surface area contributed by atoms with Crippen molar-refractivity contribution in [1.29, 1.82) is 0 Å². The Kier molecular flexibility index (Phi) is 5.96. The van der Waals surface area contributed by atoms with E-state index in [4.69, 9.17) is 27.9 Å². The Morgan fingerprint density at radius 1 is 1.04 bits per heavy atom. The first-order valence-corrected chi connectivity index (χ1v) is 8.63. The van der Waals surface area contributed by atoms with Crippen LogP contribution in [0.1, 0.15) is 15.9 Å². The smallest absolute Gasteiger partial charge is 0.275 e.